The van der Waals surface area contributed by atoms with Crippen LogP contribution in [0.5, 0.6) is 0 Å². The van der Waals surface area contributed by atoms with Gasteiger partial charge >= 0.3 is 0 Å². The summed E-state index contributed by atoms with van der Waals surface area (Å²) in [4.78, 5) is 4.96. The topological polar surface area (TPSA) is 18.5 Å². The number of likely N-dealkylation sites (tertiary alicyclic amines) is 1. The van der Waals surface area contributed by atoms with E-state index in [4.69, 9.17) is 0 Å². The molecule has 1 fully saturated rings. The highest BCUT2D eigenvalue weighted by Gasteiger charge is 2.09. The van der Waals surface area contributed by atoms with Crippen LogP contribution < -0.4 is 5.32 Å². The van der Waals surface area contributed by atoms with Crippen LogP contribution in [0, 0.1) is 0 Å². The molecule has 14 heavy (non-hydrogen) atoms. The third-order valence-electron chi connectivity index (χ3n) is 3.03. The molecule has 0 atom stereocenters. The van der Waals surface area contributed by atoms with Gasteiger partial charge in [-0.05, 0) is 39.0 Å². The first-order valence-electron chi connectivity index (χ1n) is 6.02. The molecule has 0 unspecified atom stereocenters. The first kappa shape index (κ1) is 12.0. The maximum atomic E-state index is 3.51. The van der Waals surface area contributed by atoms with Crippen molar-refractivity contribution in [3.05, 3.63) is 0 Å². The molecule has 1 heterocycles. The van der Waals surface area contributed by atoms with E-state index in [1.165, 1.54) is 45.6 Å². The van der Waals surface area contributed by atoms with Gasteiger partial charge in [-0.15, -0.1) is 0 Å². The summed E-state index contributed by atoms with van der Waals surface area (Å²) in [5.41, 5.74) is 0. The Hall–Kier alpha value is -0.120. The molecule has 3 heteroatoms. The van der Waals surface area contributed by atoms with Crippen molar-refractivity contribution in [1.29, 1.82) is 0 Å². The molecule has 1 saturated heterocycles. The maximum Gasteiger partial charge on any atom is 0.0480 e. The second kappa shape index (κ2) is 7.21. The van der Waals surface area contributed by atoms with Crippen LogP contribution in [0.15, 0.2) is 0 Å². The molecule has 0 saturated carbocycles. The predicted molar refractivity (Wildman–Crippen MR) is 61.5 cm³/mol. The Labute approximate surface area is 88.5 Å². The molecule has 1 aliphatic heterocycles. The van der Waals surface area contributed by atoms with Gasteiger partial charge in [0.1, 0.15) is 0 Å². The lowest BCUT2D eigenvalue weighted by Gasteiger charge is -2.20. The van der Waals surface area contributed by atoms with Crippen LogP contribution >= 0.6 is 0 Å². The van der Waals surface area contributed by atoms with E-state index in [2.05, 4.69) is 29.0 Å². The fraction of sp³-hybridized carbons (Fsp3) is 1.00. The normalized spacial score (nSPS) is 18.2. The summed E-state index contributed by atoms with van der Waals surface area (Å²) in [5, 5.41) is 3.51. The number of hydrogen-bond acceptors (Lipinski definition) is 3. The minimum Gasteiger partial charge on any atom is -0.303 e. The van der Waals surface area contributed by atoms with E-state index in [9.17, 15) is 0 Å². The highest BCUT2D eigenvalue weighted by molar-refractivity contribution is 4.65. The van der Waals surface area contributed by atoms with Crippen LogP contribution in [-0.2, 0) is 0 Å². The van der Waals surface area contributed by atoms with E-state index < -0.39 is 0 Å². The van der Waals surface area contributed by atoms with Gasteiger partial charge in [0, 0.05) is 19.8 Å². The summed E-state index contributed by atoms with van der Waals surface area (Å²) >= 11 is 0. The van der Waals surface area contributed by atoms with Crippen LogP contribution in [0.4, 0.5) is 0 Å². The van der Waals surface area contributed by atoms with E-state index in [0.29, 0.717) is 0 Å². The lowest BCUT2D eigenvalue weighted by Crippen LogP contribution is -2.37. The van der Waals surface area contributed by atoms with E-state index in [1.807, 2.05) is 0 Å². The van der Waals surface area contributed by atoms with Crippen LogP contribution in [-0.4, -0.2) is 55.7 Å². The van der Waals surface area contributed by atoms with Crippen LogP contribution in [0.2, 0.25) is 0 Å². The zero-order valence-corrected chi connectivity index (χ0v) is 9.76. The van der Waals surface area contributed by atoms with E-state index >= 15 is 0 Å². The van der Waals surface area contributed by atoms with Gasteiger partial charge < -0.3 is 10.2 Å². The van der Waals surface area contributed by atoms with E-state index in [0.717, 1.165) is 13.2 Å². The van der Waals surface area contributed by atoms with Crippen molar-refractivity contribution in [2.75, 3.05) is 45.9 Å². The molecule has 0 aromatic rings. The Kier molecular flexibility index (Phi) is 6.15. The fourth-order valence-electron chi connectivity index (χ4n) is 1.95. The molecule has 0 aliphatic carbocycles. The van der Waals surface area contributed by atoms with Gasteiger partial charge in [0.25, 0.3) is 0 Å². The Morgan fingerprint density at radius 1 is 1.14 bits per heavy atom. The van der Waals surface area contributed by atoms with Crippen LogP contribution in [0.1, 0.15) is 26.7 Å². The average molecular weight is 199 g/mol. The molecule has 1 aliphatic rings. The number of hydrogen-bond donors (Lipinski definition) is 1. The van der Waals surface area contributed by atoms with Gasteiger partial charge in [0.2, 0.25) is 0 Å². The smallest absolute Gasteiger partial charge is 0.0480 e. The monoisotopic (exact) mass is 199 g/mol. The Balaban J connectivity index is 1.92. The van der Waals surface area contributed by atoms with Gasteiger partial charge in [-0.1, -0.05) is 13.8 Å². The summed E-state index contributed by atoms with van der Waals surface area (Å²) in [6.07, 6.45) is 2.77. The van der Waals surface area contributed by atoms with Gasteiger partial charge in [-0.3, -0.25) is 4.90 Å². The number of likely N-dealkylation sites (N-methyl/N-ethyl adjacent to an activating group) is 1. The predicted octanol–water partition coefficient (Wildman–Crippen LogP) is 0.971. The van der Waals surface area contributed by atoms with Gasteiger partial charge in [0.05, 0.1) is 0 Å². The highest BCUT2D eigenvalue weighted by atomic mass is 15.2. The number of rotatable bonds is 7. The summed E-state index contributed by atoms with van der Waals surface area (Å²) in [6.45, 7) is 12.8. The van der Waals surface area contributed by atoms with Crippen molar-refractivity contribution in [1.82, 2.24) is 15.1 Å². The largest absolute Gasteiger partial charge is 0.303 e. The standard InChI is InChI=1S/C11H25N3/c1-3-13(4-2)10-7-12-11-14-8-5-6-9-14/h12H,3-11H2,1-2H3. The Bertz CT molecular complexity index is 124. The molecule has 0 aromatic heterocycles. The van der Waals surface area contributed by atoms with Crippen molar-refractivity contribution in [3.8, 4) is 0 Å². The average Bonchev–Trinajstić information content (AvgIpc) is 2.71. The minimum absolute atomic E-state index is 1.08. The fourth-order valence-corrected chi connectivity index (χ4v) is 1.95. The van der Waals surface area contributed by atoms with Gasteiger partial charge in [-0.2, -0.15) is 0 Å². The Morgan fingerprint density at radius 3 is 2.36 bits per heavy atom. The van der Waals surface area contributed by atoms with Crippen molar-refractivity contribution in [2.45, 2.75) is 26.7 Å². The lowest BCUT2D eigenvalue weighted by atomic mass is 10.4. The van der Waals surface area contributed by atoms with Crippen LogP contribution in [0.3, 0.4) is 0 Å². The van der Waals surface area contributed by atoms with Gasteiger partial charge in [0.15, 0.2) is 0 Å². The quantitative estimate of drug-likeness (QED) is 0.616. The summed E-state index contributed by atoms with van der Waals surface area (Å²) in [5.74, 6) is 0. The molecule has 0 bridgehead atoms. The molecule has 1 N–H and O–H groups in total. The highest BCUT2D eigenvalue weighted by Crippen LogP contribution is 2.04. The molecule has 0 aromatic carbocycles. The SMILES string of the molecule is CCN(CC)CCNCN1CCCC1. The molecule has 1 rings (SSSR count). The molecule has 84 valence electrons. The van der Waals surface area contributed by atoms with E-state index in [1.54, 1.807) is 0 Å². The summed E-state index contributed by atoms with van der Waals surface area (Å²) in [6, 6.07) is 0. The summed E-state index contributed by atoms with van der Waals surface area (Å²) < 4.78 is 0. The van der Waals surface area contributed by atoms with Crippen LogP contribution in [0.25, 0.3) is 0 Å². The van der Waals surface area contributed by atoms with E-state index in [-0.39, 0.29) is 0 Å². The molecule has 3 nitrogen and oxygen atoms in total. The van der Waals surface area contributed by atoms with Crippen molar-refractivity contribution < 1.29 is 0 Å². The first-order valence-corrected chi connectivity index (χ1v) is 6.02. The number of nitrogens with one attached hydrogen (secondary N) is 1. The number of nitrogens with zero attached hydrogens (tertiary/aromatic N) is 2. The second-order valence-corrected chi connectivity index (χ2v) is 4.01. The minimum atomic E-state index is 1.08. The molecular weight excluding hydrogens is 174 g/mol. The molecule has 0 amide bonds. The Morgan fingerprint density at radius 2 is 1.79 bits per heavy atom. The molecule has 0 radical (unpaired) electrons. The third-order valence-corrected chi connectivity index (χ3v) is 3.03. The molecule has 0 spiro atoms. The zero-order chi connectivity index (χ0) is 10.2. The van der Waals surface area contributed by atoms with Gasteiger partial charge in [-0.25, -0.2) is 0 Å². The lowest BCUT2D eigenvalue weighted by molar-refractivity contribution is 0.271. The van der Waals surface area contributed by atoms with Crippen molar-refractivity contribution >= 4 is 0 Å². The second-order valence-electron chi connectivity index (χ2n) is 4.01. The summed E-state index contributed by atoms with van der Waals surface area (Å²) in [7, 11) is 0. The maximum absolute atomic E-state index is 3.51. The van der Waals surface area contributed by atoms with Crippen molar-refractivity contribution in [3.63, 3.8) is 0 Å². The third kappa shape index (κ3) is 4.40. The first-order chi connectivity index (χ1) is 6.86. The van der Waals surface area contributed by atoms with Crippen molar-refractivity contribution in [2.24, 2.45) is 0 Å². The zero-order valence-electron chi connectivity index (χ0n) is 9.76. The molecular formula is C11H25N3.